The maximum absolute atomic E-state index is 12.5. The molecule has 0 saturated carbocycles. The molecule has 0 atom stereocenters. The second kappa shape index (κ2) is 9.76. The molecular weight excluding hydrogens is 368 g/mol. The van der Waals surface area contributed by atoms with Gasteiger partial charge in [0.05, 0.1) is 37.4 Å². The summed E-state index contributed by atoms with van der Waals surface area (Å²) >= 11 is 0. The van der Waals surface area contributed by atoms with Gasteiger partial charge < -0.3 is 20.4 Å². The summed E-state index contributed by atoms with van der Waals surface area (Å²) < 4.78 is 5.21. The van der Waals surface area contributed by atoms with Crippen LogP contribution in [-0.4, -0.2) is 18.4 Å². The molecule has 29 heavy (non-hydrogen) atoms. The van der Waals surface area contributed by atoms with E-state index in [1.54, 1.807) is 66.9 Å². The minimum atomic E-state index is -0.266. The minimum absolute atomic E-state index is 0.00240. The van der Waals surface area contributed by atoms with Crippen molar-refractivity contribution in [1.82, 2.24) is 5.32 Å². The topological polar surface area (TPSA) is 107 Å². The monoisotopic (exact) mass is 388 g/mol. The summed E-state index contributed by atoms with van der Waals surface area (Å²) in [7, 11) is 0. The molecule has 0 aliphatic rings. The molecule has 2 amide bonds. The van der Waals surface area contributed by atoms with Crippen molar-refractivity contribution >= 4 is 23.2 Å². The Morgan fingerprint density at radius 2 is 1.79 bits per heavy atom. The van der Waals surface area contributed by atoms with E-state index in [0.29, 0.717) is 29.1 Å². The van der Waals surface area contributed by atoms with E-state index in [0.717, 1.165) is 5.56 Å². The number of amides is 2. The summed E-state index contributed by atoms with van der Waals surface area (Å²) in [4.78, 5) is 24.7. The molecule has 0 saturated heterocycles. The summed E-state index contributed by atoms with van der Waals surface area (Å²) in [5.74, 6) is 0.144. The van der Waals surface area contributed by atoms with Crippen molar-refractivity contribution in [2.24, 2.45) is 0 Å². The quantitative estimate of drug-likeness (QED) is 0.549. The van der Waals surface area contributed by atoms with Crippen LogP contribution < -0.4 is 16.0 Å². The molecule has 0 aliphatic heterocycles. The third-order valence-corrected chi connectivity index (χ3v) is 4.14. The number of hydrogen-bond acceptors (Lipinski definition) is 5. The highest BCUT2D eigenvalue weighted by Gasteiger charge is 2.12. The molecule has 1 heterocycles. The number of furan rings is 1. The number of benzene rings is 2. The maximum Gasteiger partial charge on any atom is 0.253 e. The van der Waals surface area contributed by atoms with E-state index in [1.807, 2.05) is 0 Å². The van der Waals surface area contributed by atoms with Gasteiger partial charge in [0.2, 0.25) is 5.91 Å². The third kappa shape index (κ3) is 5.71. The summed E-state index contributed by atoms with van der Waals surface area (Å²) in [6.45, 7) is 0.283. The van der Waals surface area contributed by atoms with E-state index in [2.05, 4.69) is 22.0 Å². The Balaban J connectivity index is 1.55. The number of para-hydroxylation sites is 1. The minimum Gasteiger partial charge on any atom is -0.467 e. The molecule has 3 rings (SSSR count). The van der Waals surface area contributed by atoms with Crippen LogP contribution >= 0.6 is 0 Å². The lowest BCUT2D eigenvalue weighted by atomic mass is 10.1. The van der Waals surface area contributed by atoms with Crippen LogP contribution in [0.5, 0.6) is 0 Å². The highest BCUT2D eigenvalue weighted by Crippen LogP contribution is 2.15. The van der Waals surface area contributed by atoms with E-state index in [9.17, 15) is 9.59 Å². The first-order chi connectivity index (χ1) is 14.2. The SMILES string of the molecule is N#CCc1ccc(NC(=O)CNc2ccccc2C(=O)NCc2ccco2)cc1. The van der Waals surface area contributed by atoms with Crippen molar-refractivity contribution in [2.45, 2.75) is 13.0 Å². The zero-order valence-corrected chi connectivity index (χ0v) is 15.6. The van der Waals surface area contributed by atoms with Crippen molar-refractivity contribution in [3.8, 4) is 6.07 Å². The number of anilines is 2. The van der Waals surface area contributed by atoms with Gasteiger partial charge in [-0.3, -0.25) is 9.59 Å². The van der Waals surface area contributed by atoms with Crippen molar-refractivity contribution in [1.29, 1.82) is 5.26 Å². The first-order valence-electron chi connectivity index (χ1n) is 9.05. The van der Waals surface area contributed by atoms with E-state index in [1.165, 1.54) is 0 Å². The largest absolute Gasteiger partial charge is 0.467 e. The first-order valence-corrected chi connectivity index (χ1v) is 9.05. The molecule has 0 bridgehead atoms. The summed E-state index contributed by atoms with van der Waals surface area (Å²) in [6.07, 6.45) is 1.88. The Hall–Kier alpha value is -4.05. The standard InChI is InChI=1S/C22H20N4O3/c23-12-11-16-7-9-17(10-8-16)26-21(27)15-24-20-6-2-1-5-19(20)22(28)25-14-18-4-3-13-29-18/h1-10,13,24H,11,14-15H2,(H,25,28)(H,26,27). The van der Waals surface area contributed by atoms with Gasteiger partial charge in [-0.1, -0.05) is 24.3 Å². The van der Waals surface area contributed by atoms with Gasteiger partial charge in [0.25, 0.3) is 5.91 Å². The summed E-state index contributed by atoms with van der Waals surface area (Å²) in [5.41, 5.74) is 2.53. The van der Waals surface area contributed by atoms with Gasteiger partial charge in [0, 0.05) is 11.4 Å². The smallest absolute Gasteiger partial charge is 0.253 e. The van der Waals surface area contributed by atoms with Crippen LogP contribution in [0.25, 0.3) is 0 Å². The molecule has 0 unspecified atom stereocenters. The number of rotatable bonds is 8. The van der Waals surface area contributed by atoms with Gasteiger partial charge in [-0.15, -0.1) is 0 Å². The predicted molar refractivity (Wildman–Crippen MR) is 109 cm³/mol. The van der Waals surface area contributed by atoms with Crippen LogP contribution in [0.4, 0.5) is 11.4 Å². The number of carbonyl (C=O) groups excluding carboxylic acids is 2. The van der Waals surface area contributed by atoms with Crippen LogP contribution in [0.2, 0.25) is 0 Å². The number of carbonyl (C=O) groups is 2. The lowest BCUT2D eigenvalue weighted by Crippen LogP contribution is -2.26. The van der Waals surface area contributed by atoms with E-state index in [4.69, 9.17) is 9.68 Å². The third-order valence-electron chi connectivity index (χ3n) is 4.14. The Labute approximate surface area is 168 Å². The first kappa shape index (κ1) is 19.7. The van der Waals surface area contributed by atoms with Gasteiger partial charge in [-0.2, -0.15) is 5.26 Å². The average molecular weight is 388 g/mol. The Bertz CT molecular complexity index is 1010. The zero-order valence-electron chi connectivity index (χ0n) is 15.6. The molecule has 7 nitrogen and oxygen atoms in total. The molecule has 3 aromatic rings. The maximum atomic E-state index is 12.5. The molecule has 1 aromatic heterocycles. The Morgan fingerprint density at radius 1 is 1.00 bits per heavy atom. The molecule has 146 valence electrons. The Morgan fingerprint density at radius 3 is 2.52 bits per heavy atom. The van der Waals surface area contributed by atoms with Crippen molar-refractivity contribution in [2.75, 3.05) is 17.2 Å². The second-order valence-corrected chi connectivity index (χ2v) is 6.24. The summed E-state index contributed by atoms with van der Waals surface area (Å²) in [5, 5.41) is 17.3. The molecular formula is C22H20N4O3. The van der Waals surface area contributed by atoms with Crippen LogP contribution in [0.1, 0.15) is 21.7 Å². The zero-order chi connectivity index (χ0) is 20.5. The van der Waals surface area contributed by atoms with E-state index in [-0.39, 0.29) is 24.9 Å². The van der Waals surface area contributed by atoms with Crippen LogP contribution in [0, 0.1) is 11.3 Å². The lowest BCUT2D eigenvalue weighted by molar-refractivity contribution is -0.114. The van der Waals surface area contributed by atoms with Gasteiger partial charge >= 0.3 is 0 Å². The van der Waals surface area contributed by atoms with E-state index < -0.39 is 0 Å². The average Bonchev–Trinajstić information content (AvgIpc) is 3.26. The van der Waals surface area contributed by atoms with E-state index >= 15 is 0 Å². The van der Waals surface area contributed by atoms with Crippen LogP contribution in [0.15, 0.2) is 71.3 Å². The van der Waals surface area contributed by atoms with Gasteiger partial charge in [0.15, 0.2) is 0 Å². The fourth-order valence-corrected chi connectivity index (χ4v) is 2.69. The highest BCUT2D eigenvalue weighted by molar-refractivity contribution is 6.00. The van der Waals surface area contributed by atoms with Gasteiger partial charge in [0.1, 0.15) is 5.76 Å². The molecule has 0 radical (unpaired) electrons. The van der Waals surface area contributed by atoms with Crippen LogP contribution in [0.3, 0.4) is 0 Å². The Kier molecular flexibility index (Phi) is 6.63. The number of nitrogens with one attached hydrogen (secondary N) is 3. The number of hydrogen-bond donors (Lipinski definition) is 3. The second-order valence-electron chi connectivity index (χ2n) is 6.24. The van der Waals surface area contributed by atoms with Gasteiger partial charge in [-0.05, 0) is 42.0 Å². The van der Waals surface area contributed by atoms with Crippen molar-refractivity contribution in [3.05, 3.63) is 83.8 Å². The summed E-state index contributed by atoms with van der Waals surface area (Å²) in [6, 6.07) is 19.7. The fourth-order valence-electron chi connectivity index (χ4n) is 2.69. The molecule has 0 aliphatic carbocycles. The lowest BCUT2D eigenvalue weighted by Gasteiger charge is -2.12. The van der Waals surface area contributed by atoms with Crippen molar-refractivity contribution in [3.63, 3.8) is 0 Å². The normalized spacial score (nSPS) is 10.0. The molecule has 2 aromatic carbocycles. The molecule has 3 N–H and O–H groups in total. The number of nitriles is 1. The van der Waals surface area contributed by atoms with Gasteiger partial charge in [-0.25, -0.2) is 0 Å². The van der Waals surface area contributed by atoms with Crippen LogP contribution in [-0.2, 0) is 17.8 Å². The fraction of sp³-hybridized carbons (Fsp3) is 0.136. The highest BCUT2D eigenvalue weighted by atomic mass is 16.3. The predicted octanol–water partition coefficient (Wildman–Crippen LogP) is 3.33. The number of nitrogens with zero attached hydrogens (tertiary/aromatic N) is 1. The molecule has 0 fully saturated rings. The molecule has 7 heteroatoms. The molecule has 0 spiro atoms. The van der Waals surface area contributed by atoms with Crippen molar-refractivity contribution < 1.29 is 14.0 Å².